The molecule has 1 saturated heterocycles. The van der Waals surface area contributed by atoms with Gasteiger partial charge in [0.1, 0.15) is 11.6 Å². The topological polar surface area (TPSA) is 58.1 Å². The Kier molecular flexibility index (Phi) is 6.82. The van der Waals surface area contributed by atoms with Gasteiger partial charge in [-0.1, -0.05) is 12.1 Å². The monoisotopic (exact) mass is 436 g/mol. The molecule has 160 valence electrons. The van der Waals surface area contributed by atoms with Crippen molar-refractivity contribution >= 4 is 23.5 Å². The van der Waals surface area contributed by atoms with Gasteiger partial charge in [0, 0.05) is 42.2 Å². The van der Waals surface area contributed by atoms with Crippen molar-refractivity contribution in [3.8, 4) is 11.4 Å². The zero-order valence-corrected chi connectivity index (χ0v) is 18.2. The fourth-order valence-corrected chi connectivity index (χ4v) is 4.12. The number of piperidine rings is 1. The van der Waals surface area contributed by atoms with Crippen LogP contribution in [0.25, 0.3) is 11.4 Å². The number of anilines is 1. The van der Waals surface area contributed by atoms with Crippen LogP contribution in [-0.2, 0) is 11.3 Å². The second-order valence-corrected chi connectivity index (χ2v) is 8.45. The van der Waals surface area contributed by atoms with Crippen LogP contribution < -0.4 is 10.2 Å². The van der Waals surface area contributed by atoms with Crippen molar-refractivity contribution in [3.63, 3.8) is 0 Å². The number of hydrogen-bond acceptors (Lipinski definition) is 5. The standard InChI is InChI=1S/C24H25FN4OS/c1-31-21-8-2-17(3-9-21)16-27-24(30)19-11-14-29(15-12-19)22-10-13-26-23(28-22)18-4-6-20(25)7-5-18/h2-10,13,19H,11-12,14-16H2,1H3,(H,27,30). The minimum Gasteiger partial charge on any atom is -0.356 e. The molecule has 1 aliphatic heterocycles. The molecule has 5 nitrogen and oxygen atoms in total. The van der Waals surface area contributed by atoms with Crippen LogP contribution in [0.5, 0.6) is 0 Å². The SMILES string of the molecule is CSc1ccc(CNC(=O)C2CCN(c3ccnc(-c4ccc(F)cc4)n3)CC2)cc1. The van der Waals surface area contributed by atoms with Crippen LogP contribution in [0.4, 0.5) is 10.2 Å². The summed E-state index contributed by atoms with van der Waals surface area (Å²) in [6.45, 7) is 2.08. The van der Waals surface area contributed by atoms with Crippen LogP contribution in [0.1, 0.15) is 18.4 Å². The van der Waals surface area contributed by atoms with E-state index in [4.69, 9.17) is 0 Å². The fourth-order valence-electron chi connectivity index (χ4n) is 3.71. The summed E-state index contributed by atoms with van der Waals surface area (Å²) in [4.78, 5) is 25.0. The van der Waals surface area contributed by atoms with E-state index >= 15 is 0 Å². The summed E-state index contributed by atoms with van der Waals surface area (Å²) in [5.74, 6) is 1.26. The maximum absolute atomic E-state index is 13.2. The molecule has 1 aromatic heterocycles. The number of rotatable bonds is 6. The number of hydrogen-bond donors (Lipinski definition) is 1. The smallest absolute Gasteiger partial charge is 0.223 e. The van der Waals surface area contributed by atoms with Crippen molar-refractivity contribution in [2.24, 2.45) is 5.92 Å². The summed E-state index contributed by atoms with van der Waals surface area (Å²) in [5, 5.41) is 3.08. The average molecular weight is 437 g/mol. The molecular formula is C24H25FN4OS. The number of halogens is 1. The van der Waals surface area contributed by atoms with Crippen molar-refractivity contribution in [2.75, 3.05) is 24.2 Å². The minimum atomic E-state index is -0.280. The van der Waals surface area contributed by atoms with Gasteiger partial charge in [-0.2, -0.15) is 0 Å². The zero-order chi connectivity index (χ0) is 21.6. The van der Waals surface area contributed by atoms with E-state index in [2.05, 4.69) is 44.5 Å². The molecule has 1 amide bonds. The third-order valence-corrected chi connectivity index (χ3v) is 6.30. The van der Waals surface area contributed by atoms with Crippen LogP contribution >= 0.6 is 11.8 Å². The van der Waals surface area contributed by atoms with Crippen molar-refractivity contribution in [2.45, 2.75) is 24.3 Å². The lowest BCUT2D eigenvalue weighted by Gasteiger charge is -2.32. The largest absolute Gasteiger partial charge is 0.356 e. The second-order valence-electron chi connectivity index (χ2n) is 7.57. The summed E-state index contributed by atoms with van der Waals surface area (Å²) in [6.07, 6.45) is 5.34. The van der Waals surface area contributed by atoms with Gasteiger partial charge in [-0.05, 0) is 67.1 Å². The van der Waals surface area contributed by atoms with Crippen molar-refractivity contribution in [1.82, 2.24) is 15.3 Å². The van der Waals surface area contributed by atoms with Gasteiger partial charge < -0.3 is 10.2 Å². The fraction of sp³-hybridized carbons (Fsp3) is 0.292. The molecule has 2 aromatic carbocycles. The summed E-state index contributed by atoms with van der Waals surface area (Å²) >= 11 is 1.71. The number of aromatic nitrogens is 2. The van der Waals surface area contributed by atoms with Crippen LogP contribution in [0.3, 0.4) is 0 Å². The first kappa shape index (κ1) is 21.3. The molecule has 1 fully saturated rings. The van der Waals surface area contributed by atoms with Crippen molar-refractivity contribution in [3.05, 3.63) is 72.2 Å². The summed E-state index contributed by atoms with van der Waals surface area (Å²) in [5.41, 5.74) is 1.89. The molecular weight excluding hydrogens is 411 g/mol. The first-order chi connectivity index (χ1) is 15.1. The molecule has 1 N–H and O–H groups in total. The van der Waals surface area contributed by atoms with Gasteiger partial charge in [-0.3, -0.25) is 4.79 Å². The van der Waals surface area contributed by atoms with Gasteiger partial charge in [-0.25, -0.2) is 14.4 Å². The highest BCUT2D eigenvalue weighted by Crippen LogP contribution is 2.24. The predicted octanol–water partition coefficient (Wildman–Crippen LogP) is 4.54. The van der Waals surface area contributed by atoms with Gasteiger partial charge in [0.25, 0.3) is 0 Å². The Balaban J connectivity index is 1.31. The average Bonchev–Trinajstić information content (AvgIpc) is 2.83. The Hall–Kier alpha value is -2.93. The number of benzene rings is 2. The van der Waals surface area contributed by atoms with Crippen LogP contribution in [0.15, 0.2) is 65.7 Å². The quantitative estimate of drug-likeness (QED) is 0.575. The van der Waals surface area contributed by atoms with E-state index in [1.807, 2.05) is 12.3 Å². The lowest BCUT2D eigenvalue weighted by molar-refractivity contribution is -0.125. The normalized spacial score (nSPS) is 14.5. The number of amides is 1. The molecule has 0 bridgehead atoms. The molecule has 0 spiro atoms. The maximum Gasteiger partial charge on any atom is 0.223 e. The predicted molar refractivity (Wildman–Crippen MR) is 122 cm³/mol. The van der Waals surface area contributed by atoms with Crippen molar-refractivity contribution < 1.29 is 9.18 Å². The minimum absolute atomic E-state index is 0.0140. The molecule has 2 heterocycles. The Morgan fingerprint density at radius 1 is 1.10 bits per heavy atom. The lowest BCUT2D eigenvalue weighted by atomic mass is 9.96. The van der Waals surface area contributed by atoms with Crippen LogP contribution in [0, 0.1) is 11.7 Å². The number of carbonyl (C=O) groups is 1. The first-order valence-electron chi connectivity index (χ1n) is 10.4. The van der Waals surface area contributed by atoms with Gasteiger partial charge in [0.15, 0.2) is 5.82 Å². The van der Waals surface area contributed by atoms with E-state index in [0.29, 0.717) is 12.4 Å². The number of thioether (sulfide) groups is 1. The van der Waals surface area contributed by atoms with E-state index < -0.39 is 0 Å². The van der Waals surface area contributed by atoms with Gasteiger partial charge in [-0.15, -0.1) is 11.8 Å². The highest BCUT2D eigenvalue weighted by atomic mass is 32.2. The van der Waals surface area contributed by atoms with E-state index in [1.165, 1.54) is 17.0 Å². The highest BCUT2D eigenvalue weighted by Gasteiger charge is 2.25. The Labute approximate surface area is 186 Å². The Morgan fingerprint density at radius 3 is 2.48 bits per heavy atom. The Morgan fingerprint density at radius 2 is 1.81 bits per heavy atom. The third-order valence-electron chi connectivity index (χ3n) is 5.56. The molecule has 1 aliphatic rings. The highest BCUT2D eigenvalue weighted by molar-refractivity contribution is 7.98. The Bertz CT molecular complexity index is 1020. The molecule has 0 unspecified atom stereocenters. The van der Waals surface area contributed by atoms with E-state index in [0.717, 1.165) is 42.9 Å². The molecule has 3 aromatic rings. The van der Waals surface area contributed by atoms with E-state index in [1.54, 1.807) is 30.1 Å². The van der Waals surface area contributed by atoms with Gasteiger partial charge in [0.2, 0.25) is 5.91 Å². The van der Waals surface area contributed by atoms with Crippen molar-refractivity contribution in [1.29, 1.82) is 0 Å². The van der Waals surface area contributed by atoms with Gasteiger partial charge in [0.05, 0.1) is 0 Å². The number of nitrogens with one attached hydrogen (secondary N) is 1. The maximum atomic E-state index is 13.2. The third kappa shape index (κ3) is 5.41. The number of nitrogens with zero attached hydrogens (tertiary/aromatic N) is 3. The molecule has 0 aliphatic carbocycles. The summed E-state index contributed by atoms with van der Waals surface area (Å²) < 4.78 is 13.2. The number of carbonyl (C=O) groups excluding carboxylic acids is 1. The molecule has 31 heavy (non-hydrogen) atoms. The first-order valence-corrected chi connectivity index (χ1v) is 11.6. The lowest BCUT2D eigenvalue weighted by Crippen LogP contribution is -2.40. The van der Waals surface area contributed by atoms with Gasteiger partial charge >= 0.3 is 0 Å². The molecule has 0 atom stereocenters. The molecule has 7 heteroatoms. The molecule has 0 radical (unpaired) electrons. The second kappa shape index (κ2) is 9.92. The zero-order valence-electron chi connectivity index (χ0n) is 17.4. The summed E-state index contributed by atoms with van der Waals surface area (Å²) in [7, 11) is 0. The molecule has 4 rings (SSSR count). The van der Waals surface area contributed by atoms with E-state index in [9.17, 15) is 9.18 Å². The summed E-state index contributed by atoms with van der Waals surface area (Å²) in [6, 6.07) is 16.3. The van der Waals surface area contributed by atoms with Crippen LogP contribution in [0.2, 0.25) is 0 Å². The molecule has 0 saturated carbocycles. The van der Waals surface area contributed by atoms with Crippen LogP contribution in [-0.4, -0.2) is 35.2 Å². The van der Waals surface area contributed by atoms with E-state index in [-0.39, 0.29) is 17.6 Å².